The highest BCUT2D eigenvalue weighted by atomic mass is 32.1. The summed E-state index contributed by atoms with van der Waals surface area (Å²) in [4.78, 5) is 26.2. The molecule has 2 rings (SSSR count). The Kier molecular flexibility index (Phi) is 3.10. The second kappa shape index (κ2) is 4.71. The van der Waals surface area contributed by atoms with Gasteiger partial charge in [0.1, 0.15) is 16.2 Å². The number of carboxylic acid groups (broad SMARTS) is 1. The van der Waals surface area contributed by atoms with Crippen molar-refractivity contribution in [2.24, 2.45) is 0 Å². The number of carbonyl (C=O) groups is 2. The van der Waals surface area contributed by atoms with Gasteiger partial charge < -0.3 is 9.84 Å². The lowest BCUT2D eigenvalue weighted by Gasteiger charge is -2.01. The average molecular weight is 250 g/mol. The van der Waals surface area contributed by atoms with Crippen molar-refractivity contribution in [1.29, 1.82) is 0 Å². The third-order valence-corrected chi connectivity index (χ3v) is 2.61. The zero-order chi connectivity index (χ0) is 12.3. The van der Waals surface area contributed by atoms with E-state index in [4.69, 9.17) is 9.84 Å². The predicted molar refractivity (Wildman–Crippen MR) is 58.3 cm³/mol. The molecule has 86 valence electrons. The van der Waals surface area contributed by atoms with Gasteiger partial charge in [0.2, 0.25) is 0 Å². The van der Waals surface area contributed by atoms with Crippen LogP contribution in [-0.4, -0.2) is 26.4 Å². The standard InChI is InChI=1S/C10H6N2O4S/c13-9(14)7-5-12-17-8(7)10(15)16-6-2-1-3-11-4-6/h1-5H,(H,13,14). The maximum Gasteiger partial charge on any atom is 0.356 e. The van der Waals surface area contributed by atoms with Gasteiger partial charge in [0, 0.05) is 6.20 Å². The van der Waals surface area contributed by atoms with Gasteiger partial charge in [0.25, 0.3) is 0 Å². The number of carboxylic acids is 1. The van der Waals surface area contributed by atoms with Gasteiger partial charge in [-0.25, -0.2) is 9.59 Å². The van der Waals surface area contributed by atoms with Gasteiger partial charge in [-0.2, -0.15) is 4.37 Å². The minimum Gasteiger partial charge on any atom is -0.478 e. The molecular formula is C10H6N2O4S. The maximum absolute atomic E-state index is 11.7. The van der Waals surface area contributed by atoms with Gasteiger partial charge >= 0.3 is 11.9 Å². The molecule has 0 unspecified atom stereocenters. The molecule has 0 fully saturated rings. The van der Waals surface area contributed by atoms with Crippen molar-refractivity contribution < 1.29 is 19.4 Å². The fraction of sp³-hybridized carbons (Fsp3) is 0. The summed E-state index contributed by atoms with van der Waals surface area (Å²) < 4.78 is 8.61. The molecule has 1 N–H and O–H groups in total. The number of aromatic nitrogens is 2. The van der Waals surface area contributed by atoms with Gasteiger partial charge in [-0.15, -0.1) is 0 Å². The Morgan fingerprint density at radius 2 is 2.18 bits per heavy atom. The van der Waals surface area contributed by atoms with Crippen LogP contribution in [0.3, 0.4) is 0 Å². The fourth-order valence-corrected chi connectivity index (χ4v) is 1.72. The number of carbonyl (C=O) groups excluding carboxylic acids is 1. The van der Waals surface area contributed by atoms with Crippen molar-refractivity contribution in [3.63, 3.8) is 0 Å². The van der Waals surface area contributed by atoms with Crippen molar-refractivity contribution in [1.82, 2.24) is 9.36 Å². The molecule has 2 aromatic heterocycles. The van der Waals surface area contributed by atoms with Gasteiger partial charge in [-0.3, -0.25) is 4.98 Å². The van der Waals surface area contributed by atoms with Crippen LogP contribution in [-0.2, 0) is 0 Å². The second-order valence-corrected chi connectivity index (χ2v) is 3.75. The van der Waals surface area contributed by atoms with E-state index in [1.807, 2.05) is 0 Å². The van der Waals surface area contributed by atoms with Crippen LogP contribution < -0.4 is 4.74 Å². The number of hydrogen-bond donors (Lipinski definition) is 1. The lowest BCUT2D eigenvalue weighted by atomic mass is 10.3. The Balaban J connectivity index is 2.21. The van der Waals surface area contributed by atoms with Crippen molar-refractivity contribution in [2.45, 2.75) is 0 Å². The first-order valence-corrected chi connectivity index (χ1v) is 5.26. The van der Waals surface area contributed by atoms with Crippen LogP contribution in [0.5, 0.6) is 5.75 Å². The highest BCUT2D eigenvalue weighted by molar-refractivity contribution is 7.08. The summed E-state index contributed by atoms with van der Waals surface area (Å²) in [5.74, 6) is -1.71. The fourth-order valence-electron chi connectivity index (χ4n) is 1.10. The molecule has 6 nitrogen and oxygen atoms in total. The number of hydrogen-bond acceptors (Lipinski definition) is 6. The van der Waals surface area contributed by atoms with Crippen LogP contribution in [0.1, 0.15) is 20.0 Å². The van der Waals surface area contributed by atoms with Gasteiger partial charge in [-0.1, -0.05) is 0 Å². The zero-order valence-electron chi connectivity index (χ0n) is 8.36. The normalized spacial score (nSPS) is 9.88. The number of nitrogens with zero attached hydrogens (tertiary/aromatic N) is 2. The van der Waals surface area contributed by atoms with E-state index in [1.54, 1.807) is 12.1 Å². The largest absolute Gasteiger partial charge is 0.478 e. The van der Waals surface area contributed by atoms with Crippen molar-refractivity contribution in [2.75, 3.05) is 0 Å². The summed E-state index contributed by atoms with van der Waals surface area (Å²) in [5.41, 5.74) is -0.163. The molecule has 2 heterocycles. The second-order valence-electron chi connectivity index (χ2n) is 2.95. The van der Waals surface area contributed by atoms with E-state index < -0.39 is 11.9 Å². The first-order chi connectivity index (χ1) is 8.18. The van der Waals surface area contributed by atoms with Crippen LogP contribution in [0, 0.1) is 0 Å². The summed E-state index contributed by atoms with van der Waals surface area (Å²) in [5, 5.41) is 8.82. The molecule has 0 atom stereocenters. The molecule has 0 bridgehead atoms. The van der Waals surface area contributed by atoms with E-state index in [0.29, 0.717) is 0 Å². The summed E-state index contributed by atoms with van der Waals surface area (Å²) in [6, 6.07) is 3.15. The molecule has 0 spiro atoms. The smallest absolute Gasteiger partial charge is 0.356 e. The van der Waals surface area contributed by atoms with Crippen LogP contribution in [0.2, 0.25) is 0 Å². The molecule has 0 aliphatic rings. The molecule has 0 amide bonds. The van der Waals surface area contributed by atoms with E-state index in [9.17, 15) is 9.59 Å². The lowest BCUT2D eigenvalue weighted by molar-refractivity contribution is 0.0671. The molecular weight excluding hydrogens is 244 g/mol. The number of rotatable bonds is 3. The Bertz CT molecular complexity index is 552. The van der Waals surface area contributed by atoms with Crippen LogP contribution in [0.4, 0.5) is 0 Å². The predicted octanol–water partition coefficient (Wildman–Crippen LogP) is 1.46. The van der Waals surface area contributed by atoms with Gasteiger partial charge in [0.05, 0.1) is 12.4 Å². The SMILES string of the molecule is O=C(O)c1cnsc1C(=O)Oc1cccnc1. The zero-order valence-corrected chi connectivity index (χ0v) is 9.18. The summed E-state index contributed by atoms with van der Waals surface area (Å²) in [7, 11) is 0. The van der Waals surface area contributed by atoms with Gasteiger partial charge in [-0.05, 0) is 23.7 Å². The molecule has 0 saturated carbocycles. The van der Waals surface area contributed by atoms with Crippen LogP contribution in [0.15, 0.2) is 30.7 Å². The first kappa shape index (κ1) is 11.2. The summed E-state index contributed by atoms with van der Waals surface area (Å²) in [6.45, 7) is 0. The summed E-state index contributed by atoms with van der Waals surface area (Å²) >= 11 is 0.779. The number of pyridine rings is 1. The average Bonchev–Trinajstić information content (AvgIpc) is 2.79. The third-order valence-electron chi connectivity index (χ3n) is 1.83. The van der Waals surface area contributed by atoms with E-state index >= 15 is 0 Å². The highest BCUT2D eigenvalue weighted by Gasteiger charge is 2.21. The molecule has 0 saturated heterocycles. The number of esters is 1. The van der Waals surface area contributed by atoms with E-state index in [1.165, 1.54) is 12.4 Å². The first-order valence-electron chi connectivity index (χ1n) is 4.48. The van der Waals surface area contributed by atoms with Crippen molar-refractivity contribution >= 4 is 23.5 Å². The Hall–Kier alpha value is -2.28. The van der Waals surface area contributed by atoms with Crippen LogP contribution >= 0.6 is 11.5 Å². The minimum atomic E-state index is -1.21. The van der Waals surface area contributed by atoms with Crippen molar-refractivity contribution in [3.05, 3.63) is 41.2 Å². The highest BCUT2D eigenvalue weighted by Crippen LogP contribution is 2.17. The minimum absolute atomic E-state index is 0.0404. The van der Waals surface area contributed by atoms with Gasteiger partial charge in [0.15, 0.2) is 0 Å². The van der Waals surface area contributed by atoms with E-state index in [2.05, 4.69) is 9.36 Å². The van der Waals surface area contributed by atoms with E-state index in [0.717, 1.165) is 17.7 Å². The molecule has 0 aromatic carbocycles. The topological polar surface area (TPSA) is 89.4 Å². The van der Waals surface area contributed by atoms with Crippen molar-refractivity contribution in [3.8, 4) is 5.75 Å². The molecule has 0 aliphatic heterocycles. The third kappa shape index (κ3) is 2.45. The molecule has 2 aromatic rings. The Morgan fingerprint density at radius 3 is 2.82 bits per heavy atom. The van der Waals surface area contributed by atoms with E-state index in [-0.39, 0.29) is 16.2 Å². The summed E-state index contributed by atoms with van der Waals surface area (Å²) in [6.07, 6.45) is 4.01. The monoisotopic (exact) mass is 250 g/mol. The van der Waals surface area contributed by atoms with Crippen LogP contribution in [0.25, 0.3) is 0 Å². The number of ether oxygens (including phenoxy) is 1. The molecule has 0 radical (unpaired) electrons. The Labute approximate surface area is 99.7 Å². The maximum atomic E-state index is 11.7. The molecule has 0 aliphatic carbocycles. The lowest BCUT2D eigenvalue weighted by Crippen LogP contribution is -2.11. The molecule has 7 heteroatoms. The Morgan fingerprint density at radius 1 is 1.35 bits per heavy atom. The number of aromatic carboxylic acids is 1. The molecule has 17 heavy (non-hydrogen) atoms. The quantitative estimate of drug-likeness (QED) is 0.829.